The lowest BCUT2D eigenvalue weighted by molar-refractivity contribution is 0.143. The van der Waals surface area contributed by atoms with Gasteiger partial charge in [-0.3, -0.25) is 5.10 Å². The number of aliphatic hydroxyl groups is 1. The average Bonchev–Trinajstić information content (AvgIpc) is 3.22. The van der Waals surface area contributed by atoms with Gasteiger partial charge < -0.3 is 9.67 Å². The van der Waals surface area contributed by atoms with E-state index in [0.717, 1.165) is 34.8 Å². The van der Waals surface area contributed by atoms with Gasteiger partial charge in [-0.25, -0.2) is 4.98 Å². The highest BCUT2D eigenvalue weighted by Gasteiger charge is 2.13. The van der Waals surface area contributed by atoms with Gasteiger partial charge in [0.2, 0.25) is 0 Å². The van der Waals surface area contributed by atoms with E-state index >= 15 is 0 Å². The zero-order valence-electron chi connectivity index (χ0n) is 15.6. The fourth-order valence-corrected chi connectivity index (χ4v) is 2.80. The second kappa shape index (κ2) is 7.19. The van der Waals surface area contributed by atoms with Gasteiger partial charge in [-0.1, -0.05) is 24.0 Å². The van der Waals surface area contributed by atoms with Gasteiger partial charge in [0.25, 0.3) is 0 Å². The van der Waals surface area contributed by atoms with Crippen LogP contribution >= 0.6 is 0 Å². The maximum atomic E-state index is 9.71. The third kappa shape index (κ3) is 4.41. The third-order valence-electron chi connectivity index (χ3n) is 4.06. The van der Waals surface area contributed by atoms with Crippen molar-refractivity contribution in [2.75, 3.05) is 0 Å². The van der Waals surface area contributed by atoms with Crippen molar-refractivity contribution in [3.05, 3.63) is 59.7 Å². The van der Waals surface area contributed by atoms with Crippen molar-refractivity contribution in [3.8, 4) is 23.2 Å². The van der Waals surface area contributed by atoms with Crippen LogP contribution in [-0.2, 0) is 6.42 Å². The number of nitrogens with zero attached hydrogens (tertiary/aromatic N) is 3. The molecule has 0 saturated carbocycles. The summed E-state index contributed by atoms with van der Waals surface area (Å²) in [5, 5.41) is 17.0. The fourth-order valence-electron chi connectivity index (χ4n) is 2.80. The molecule has 2 aromatic heterocycles. The zero-order chi connectivity index (χ0) is 18.7. The first-order valence-corrected chi connectivity index (χ1v) is 8.71. The Labute approximate surface area is 154 Å². The molecule has 5 heteroatoms. The zero-order valence-corrected chi connectivity index (χ0v) is 15.6. The minimum atomic E-state index is -0.991. The lowest BCUT2D eigenvalue weighted by Gasteiger charge is -2.15. The summed E-state index contributed by atoms with van der Waals surface area (Å²) in [6.07, 6.45) is 4.66. The highest BCUT2D eigenvalue weighted by atomic mass is 16.3. The normalized spacial score (nSPS) is 12.5. The molecule has 1 atom stereocenters. The van der Waals surface area contributed by atoms with E-state index < -0.39 is 5.60 Å². The van der Waals surface area contributed by atoms with E-state index in [1.165, 1.54) is 0 Å². The first-order valence-electron chi connectivity index (χ1n) is 8.71. The van der Waals surface area contributed by atoms with Crippen LogP contribution in [0.15, 0.2) is 42.7 Å². The standard InChI is InChI=1S/C21H24N4O/c1-15-13-19(24-23-15)14-16(2)25-12-11-22-20(25)18-7-5-17(6-8-18)9-10-21(3,4)26/h5-8,11-13,16,26H,14H2,1-4H3,(H,23,24)/t16-/m0/s1. The van der Waals surface area contributed by atoms with Crippen molar-refractivity contribution >= 4 is 0 Å². The van der Waals surface area contributed by atoms with Crippen LogP contribution in [0.1, 0.15) is 43.8 Å². The largest absolute Gasteiger partial charge is 0.378 e. The molecule has 0 spiro atoms. The molecular formula is C21H24N4O. The van der Waals surface area contributed by atoms with E-state index in [2.05, 4.69) is 44.6 Å². The second-order valence-corrected chi connectivity index (χ2v) is 7.14. The molecule has 5 nitrogen and oxygen atoms in total. The summed E-state index contributed by atoms with van der Waals surface area (Å²) >= 11 is 0. The second-order valence-electron chi connectivity index (χ2n) is 7.14. The smallest absolute Gasteiger partial charge is 0.140 e. The molecular weight excluding hydrogens is 324 g/mol. The van der Waals surface area contributed by atoms with Crippen molar-refractivity contribution in [3.63, 3.8) is 0 Å². The number of nitrogens with one attached hydrogen (secondary N) is 1. The Bertz CT molecular complexity index is 933. The molecule has 26 heavy (non-hydrogen) atoms. The molecule has 0 aliphatic heterocycles. The van der Waals surface area contributed by atoms with Gasteiger partial charge in [-0.15, -0.1) is 0 Å². The summed E-state index contributed by atoms with van der Waals surface area (Å²) in [7, 11) is 0. The lowest BCUT2D eigenvalue weighted by atomic mass is 10.1. The first kappa shape index (κ1) is 18.0. The van der Waals surface area contributed by atoms with E-state index in [9.17, 15) is 5.11 Å². The Morgan fingerprint density at radius 1 is 1.27 bits per heavy atom. The Kier molecular flexibility index (Phi) is 4.97. The van der Waals surface area contributed by atoms with Crippen LogP contribution < -0.4 is 0 Å². The maximum absolute atomic E-state index is 9.71. The molecule has 0 unspecified atom stereocenters. The van der Waals surface area contributed by atoms with Crippen LogP contribution in [0, 0.1) is 18.8 Å². The number of hydrogen-bond acceptors (Lipinski definition) is 3. The van der Waals surface area contributed by atoms with Crippen LogP contribution in [0.3, 0.4) is 0 Å². The van der Waals surface area contributed by atoms with Crippen molar-refractivity contribution in [2.45, 2.75) is 45.8 Å². The maximum Gasteiger partial charge on any atom is 0.140 e. The van der Waals surface area contributed by atoms with Gasteiger partial charge in [-0.05, 0) is 45.9 Å². The fraction of sp³-hybridized carbons (Fsp3) is 0.333. The van der Waals surface area contributed by atoms with E-state index in [4.69, 9.17) is 0 Å². The average molecular weight is 348 g/mol. The van der Waals surface area contributed by atoms with Crippen LogP contribution in [0.5, 0.6) is 0 Å². The highest BCUT2D eigenvalue weighted by Crippen LogP contribution is 2.23. The van der Waals surface area contributed by atoms with Crippen molar-refractivity contribution < 1.29 is 5.11 Å². The van der Waals surface area contributed by atoms with Crippen LogP contribution in [0.2, 0.25) is 0 Å². The van der Waals surface area contributed by atoms with Crippen molar-refractivity contribution in [1.82, 2.24) is 19.7 Å². The summed E-state index contributed by atoms with van der Waals surface area (Å²) in [5.74, 6) is 6.74. The molecule has 134 valence electrons. The molecule has 0 radical (unpaired) electrons. The predicted octanol–water partition coefficient (Wildman–Crippen LogP) is 3.51. The monoisotopic (exact) mass is 348 g/mol. The molecule has 0 saturated heterocycles. The number of rotatable bonds is 4. The minimum absolute atomic E-state index is 0.241. The lowest BCUT2D eigenvalue weighted by Crippen LogP contribution is -2.14. The van der Waals surface area contributed by atoms with Gasteiger partial charge in [0.15, 0.2) is 0 Å². The summed E-state index contributed by atoms with van der Waals surface area (Å²) in [6, 6.07) is 10.2. The number of H-pyrrole nitrogens is 1. The number of aryl methyl sites for hydroxylation is 1. The minimum Gasteiger partial charge on any atom is -0.378 e. The Morgan fingerprint density at radius 3 is 2.62 bits per heavy atom. The number of benzene rings is 1. The van der Waals surface area contributed by atoms with Gasteiger partial charge in [0, 0.05) is 41.7 Å². The first-order chi connectivity index (χ1) is 12.3. The molecule has 0 bridgehead atoms. The summed E-state index contributed by atoms with van der Waals surface area (Å²) in [6.45, 7) is 7.52. The van der Waals surface area contributed by atoms with E-state index in [1.807, 2.05) is 43.6 Å². The van der Waals surface area contributed by atoms with Crippen LogP contribution in [-0.4, -0.2) is 30.5 Å². The number of imidazole rings is 1. The molecule has 1 aromatic carbocycles. The Balaban J connectivity index is 1.80. The van der Waals surface area contributed by atoms with E-state index in [0.29, 0.717) is 0 Å². The van der Waals surface area contributed by atoms with Gasteiger partial charge >= 0.3 is 0 Å². The molecule has 2 heterocycles. The summed E-state index contributed by atoms with van der Waals surface area (Å²) in [4.78, 5) is 4.53. The molecule has 0 fully saturated rings. The molecule has 0 amide bonds. The van der Waals surface area contributed by atoms with Crippen LogP contribution in [0.4, 0.5) is 0 Å². The molecule has 2 N–H and O–H groups in total. The van der Waals surface area contributed by atoms with Gasteiger partial charge in [-0.2, -0.15) is 5.10 Å². The van der Waals surface area contributed by atoms with Gasteiger partial charge in [0.05, 0.1) is 5.69 Å². The summed E-state index contributed by atoms with van der Waals surface area (Å²) < 4.78 is 2.17. The Hall–Kier alpha value is -2.84. The Morgan fingerprint density at radius 2 is 2.00 bits per heavy atom. The highest BCUT2D eigenvalue weighted by molar-refractivity contribution is 5.57. The quantitative estimate of drug-likeness (QED) is 0.709. The van der Waals surface area contributed by atoms with E-state index in [-0.39, 0.29) is 6.04 Å². The topological polar surface area (TPSA) is 66.7 Å². The van der Waals surface area contributed by atoms with Crippen molar-refractivity contribution in [1.29, 1.82) is 0 Å². The molecule has 3 rings (SSSR count). The number of aromatic nitrogens is 4. The number of aromatic amines is 1. The van der Waals surface area contributed by atoms with Crippen molar-refractivity contribution in [2.24, 2.45) is 0 Å². The summed E-state index contributed by atoms with van der Waals surface area (Å²) in [5.41, 5.74) is 3.03. The van der Waals surface area contributed by atoms with E-state index in [1.54, 1.807) is 13.8 Å². The molecule has 0 aliphatic rings. The van der Waals surface area contributed by atoms with Gasteiger partial charge in [0.1, 0.15) is 11.4 Å². The number of hydrogen-bond donors (Lipinski definition) is 2. The third-order valence-corrected chi connectivity index (χ3v) is 4.06. The molecule has 0 aliphatic carbocycles. The molecule has 3 aromatic rings. The predicted molar refractivity (Wildman–Crippen MR) is 103 cm³/mol. The SMILES string of the molecule is Cc1cc(C[C@H](C)n2ccnc2-c2ccc(C#CC(C)(C)O)cc2)n[nH]1. The van der Waals surface area contributed by atoms with Crippen LogP contribution in [0.25, 0.3) is 11.4 Å².